The van der Waals surface area contributed by atoms with Crippen molar-refractivity contribution in [2.45, 2.75) is 25.1 Å². The van der Waals surface area contributed by atoms with Gasteiger partial charge in [-0.1, -0.05) is 0 Å². The summed E-state index contributed by atoms with van der Waals surface area (Å²) < 4.78 is 54.1. The lowest BCUT2D eigenvalue weighted by atomic mass is 10.1. The number of amides is 2. The van der Waals surface area contributed by atoms with Gasteiger partial charge in [-0.25, -0.2) is 4.79 Å². The van der Waals surface area contributed by atoms with Gasteiger partial charge >= 0.3 is 12.2 Å². The van der Waals surface area contributed by atoms with Gasteiger partial charge in [0.1, 0.15) is 18.0 Å². The molecule has 0 spiro atoms. The Bertz CT molecular complexity index is 567. The van der Waals surface area contributed by atoms with Crippen LogP contribution in [-0.4, -0.2) is 57.1 Å². The molecule has 1 heterocycles. The molecule has 0 bridgehead atoms. The van der Waals surface area contributed by atoms with Crippen molar-refractivity contribution in [3.8, 4) is 11.5 Å². The fraction of sp³-hybridized carbons (Fsp3) is 0.562. The van der Waals surface area contributed by atoms with Crippen LogP contribution >= 0.6 is 0 Å². The van der Waals surface area contributed by atoms with Gasteiger partial charge < -0.3 is 24.4 Å². The highest BCUT2D eigenvalue weighted by molar-refractivity contribution is 5.90. The molecule has 9 heteroatoms. The summed E-state index contributed by atoms with van der Waals surface area (Å²) in [5.74, 6) is 0.839. The Kier molecular flexibility index (Phi) is 6.35. The topological polar surface area (TPSA) is 60.0 Å². The number of alkyl halides is 3. The van der Waals surface area contributed by atoms with Crippen molar-refractivity contribution in [1.29, 1.82) is 0 Å². The van der Waals surface area contributed by atoms with E-state index in [0.717, 1.165) is 4.90 Å². The van der Waals surface area contributed by atoms with Crippen LogP contribution in [0.2, 0.25) is 0 Å². The molecule has 140 valence electrons. The van der Waals surface area contributed by atoms with Gasteiger partial charge in [-0.2, -0.15) is 13.2 Å². The number of hydrogen-bond donors (Lipinski definition) is 1. The number of hydrogen-bond acceptors (Lipinski definition) is 4. The maximum Gasteiger partial charge on any atom is 0.406 e. The predicted molar refractivity (Wildman–Crippen MR) is 85.2 cm³/mol. The largest absolute Gasteiger partial charge is 0.497 e. The molecule has 1 fully saturated rings. The second-order valence-corrected chi connectivity index (χ2v) is 5.62. The lowest BCUT2D eigenvalue weighted by molar-refractivity contribution is -0.146. The van der Waals surface area contributed by atoms with Gasteiger partial charge in [0.2, 0.25) is 0 Å². The van der Waals surface area contributed by atoms with E-state index in [1.54, 1.807) is 6.07 Å². The molecule has 0 saturated carbocycles. The number of carbonyl (C=O) groups excluding carboxylic acids is 1. The molecular weight excluding hydrogens is 341 g/mol. The molecule has 0 aromatic heterocycles. The van der Waals surface area contributed by atoms with Gasteiger partial charge in [0.15, 0.2) is 0 Å². The molecule has 0 unspecified atom stereocenters. The Morgan fingerprint density at radius 1 is 1.20 bits per heavy atom. The van der Waals surface area contributed by atoms with Crippen molar-refractivity contribution in [3.05, 3.63) is 18.2 Å². The number of ether oxygens (including phenoxy) is 3. The number of nitrogens with zero attached hydrogens (tertiary/aromatic N) is 1. The summed E-state index contributed by atoms with van der Waals surface area (Å²) in [6, 6.07) is 3.27. The van der Waals surface area contributed by atoms with Gasteiger partial charge in [0.25, 0.3) is 0 Å². The zero-order valence-electron chi connectivity index (χ0n) is 14.1. The van der Waals surface area contributed by atoms with Gasteiger partial charge in [-0.05, 0) is 12.8 Å². The first-order valence-electron chi connectivity index (χ1n) is 7.77. The number of rotatable bonds is 5. The van der Waals surface area contributed by atoms with Gasteiger partial charge in [-0.15, -0.1) is 0 Å². The molecule has 1 aromatic carbocycles. The van der Waals surface area contributed by atoms with Crippen molar-refractivity contribution in [2.75, 3.05) is 39.3 Å². The van der Waals surface area contributed by atoms with E-state index >= 15 is 0 Å². The third kappa shape index (κ3) is 5.70. The number of carbonyl (C=O) groups is 1. The van der Waals surface area contributed by atoms with Crippen molar-refractivity contribution in [1.82, 2.24) is 4.90 Å². The Labute approximate surface area is 143 Å². The van der Waals surface area contributed by atoms with E-state index in [-0.39, 0.29) is 0 Å². The SMILES string of the molecule is COc1cc(NC(=O)N(CC(F)(F)F)C2CCOCC2)cc(OC)c1. The minimum atomic E-state index is -4.48. The minimum absolute atomic E-state index is 0.292. The number of halogens is 3. The van der Waals surface area contributed by atoms with Crippen LogP contribution in [-0.2, 0) is 4.74 Å². The van der Waals surface area contributed by atoms with Crippen molar-refractivity contribution < 1.29 is 32.2 Å². The highest BCUT2D eigenvalue weighted by Gasteiger charge is 2.37. The molecule has 25 heavy (non-hydrogen) atoms. The molecule has 1 aliphatic rings. The molecule has 0 aliphatic carbocycles. The van der Waals surface area contributed by atoms with Gasteiger partial charge in [0, 0.05) is 43.1 Å². The third-order valence-corrected chi connectivity index (χ3v) is 3.84. The Hall–Kier alpha value is -2.16. The molecule has 0 radical (unpaired) electrons. The van der Waals surface area contributed by atoms with Crippen LogP contribution in [0.3, 0.4) is 0 Å². The zero-order chi connectivity index (χ0) is 18.4. The van der Waals surface area contributed by atoms with E-state index in [0.29, 0.717) is 43.2 Å². The molecule has 2 rings (SSSR count). The predicted octanol–water partition coefficient (Wildman–Crippen LogP) is 3.28. The molecule has 1 aromatic rings. The van der Waals surface area contributed by atoms with Crippen LogP contribution in [0.4, 0.5) is 23.7 Å². The average molecular weight is 362 g/mol. The van der Waals surface area contributed by atoms with Crippen LogP contribution in [0.15, 0.2) is 18.2 Å². The van der Waals surface area contributed by atoms with Crippen molar-refractivity contribution in [2.24, 2.45) is 0 Å². The monoisotopic (exact) mass is 362 g/mol. The number of anilines is 1. The summed E-state index contributed by atoms with van der Waals surface area (Å²) in [7, 11) is 2.89. The summed E-state index contributed by atoms with van der Waals surface area (Å²) in [6.07, 6.45) is -3.75. The smallest absolute Gasteiger partial charge is 0.406 e. The van der Waals surface area contributed by atoms with E-state index in [1.165, 1.54) is 26.4 Å². The first-order chi connectivity index (χ1) is 11.8. The minimum Gasteiger partial charge on any atom is -0.497 e. The molecule has 2 amide bonds. The second kappa shape index (κ2) is 8.28. The maximum absolute atomic E-state index is 12.9. The summed E-state index contributed by atoms with van der Waals surface area (Å²) in [5, 5.41) is 2.50. The molecule has 0 atom stereocenters. The third-order valence-electron chi connectivity index (χ3n) is 3.84. The van der Waals surface area contributed by atoms with Gasteiger partial charge in [-0.3, -0.25) is 0 Å². The number of benzene rings is 1. The van der Waals surface area contributed by atoms with Crippen LogP contribution in [0, 0.1) is 0 Å². The first-order valence-corrected chi connectivity index (χ1v) is 7.77. The van der Waals surface area contributed by atoms with Crippen molar-refractivity contribution >= 4 is 11.7 Å². The molecule has 1 aliphatic heterocycles. The van der Waals surface area contributed by atoms with Crippen molar-refractivity contribution in [3.63, 3.8) is 0 Å². The number of methoxy groups -OCH3 is 2. The molecule has 1 saturated heterocycles. The molecule has 6 nitrogen and oxygen atoms in total. The highest BCUT2D eigenvalue weighted by Crippen LogP contribution is 2.27. The lowest BCUT2D eigenvalue weighted by Crippen LogP contribution is -2.49. The van der Waals surface area contributed by atoms with Crippen LogP contribution in [0.5, 0.6) is 11.5 Å². The number of nitrogens with one attached hydrogen (secondary N) is 1. The maximum atomic E-state index is 12.9. The van der Waals surface area contributed by atoms with E-state index in [4.69, 9.17) is 14.2 Å². The lowest BCUT2D eigenvalue weighted by Gasteiger charge is -2.34. The Balaban J connectivity index is 2.18. The zero-order valence-corrected chi connectivity index (χ0v) is 14.1. The van der Waals surface area contributed by atoms with E-state index in [2.05, 4.69) is 5.32 Å². The Morgan fingerprint density at radius 3 is 2.24 bits per heavy atom. The quantitative estimate of drug-likeness (QED) is 0.873. The standard InChI is InChI=1S/C16H21F3N2O4/c1-23-13-7-11(8-14(9-13)24-2)20-15(22)21(10-16(17,18)19)12-3-5-25-6-4-12/h7-9,12H,3-6,10H2,1-2H3,(H,20,22). The van der Waals surface area contributed by atoms with Gasteiger partial charge in [0.05, 0.1) is 14.2 Å². The summed E-state index contributed by atoms with van der Waals surface area (Å²) in [5.41, 5.74) is 0.292. The van der Waals surface area contributed by atoms with Crippen LogP contribution < -0.4 is 14.8 Å². The average Bonchev–Trinajstić information content (AvgIpc) is 2.59. The fourth-order valence-electron chi connectivity index (χ4n) is 2.63. The highest BCUT2D eigenvalue weighted by atomic mass is 19.4. The van der Waals surface area contributed by atoms with Crippen LogP contribution in [0.1, 0.15) is 12.8 Å². The second-order valence-electron chi connectivity index (χ2n) is 5.62. The Morgan fingerprint density at radius 2 is 1.76 bits per heavy atom. The number of urea groups is 1. The fourth-order valence-corrected chi connectivity index (χ4v) is 2.63. The molecule has 1 N–H and O–H groups in total. The summed E-state index contributed by atoms with van der Waals surface area (Å²) in [6.45, 7) is -0.650. The molecular formula is C16H21F3N2O4. The first kappa shape index (κ1) is 19.2. The summed E-state index contributed by atoms with van der Waals surface area (Å²) in [4.78, 5) is 13.3. The summed E-state index contributed by atoms with van der Waals surface area (Å²) >= 11 is 0. The van der Waals surface area contributed by atoms with E-state index < -0.39 is 24.8 Å². The van der Waals surface area contributed by atoms with E-state index in [1.807, 2.05) is 0 Å². The normalized spacial score (nSPS) is 15.6. The van der Waals surface area contributed by atoms with Crippen LogP contribution in [0.25, 0.3) is 0 Å². The van der Waals surface area contributed by atoms with E-state index in [9.17, 15) is 18.0 Å².